The number of methoxy groups -OCH3 is 3. The van der Waals surface area contributed by atoms with Crippen LogP contribution in [0.15, 0.2) is 12.1 Å². The predicted molar refractivity (Wildman–Crippen MR) is 62.1 cm³/mol. The van der Waals surface area contributed by atoms with Gasteiger partial charge in [0.25, 0.3) is 0 Å². The van der Waals surface area contributed by atoms with Gasteiger partial charge in [-0.3, -0.25) is 0 Å². The van der Waals surface area contributed by atoms with Crippen molar-refractivity contribution in [3.8, 4) is 17.2 Å². The van der Waals surface area contributed by atoms with Crippen LogP contribution in [0.5, 0.6) is 17.2 Å². The highest BCUT2D eigenvalue weighted by Crippen LogP contribution is 2.37. The van der Waals surface area contributed by atoms with Crippen molar-refractivity contribution < 1.29 is 23.7 Å². The summed E-state index contributed by atoms with van der Waals surface area (Å²) in [6.45, 7) is 2.01. The molecule has 0 bridgehead atoms. The summed E-state index contributed by atoms with van der Waals surface area (Å²) >= 11 is 0. The molecule has 0 aliphatic carbocycles. The van der Waals surface area contributed by atoms with Crippen LogP contribution in [0.3, 0.4) is 0 Å². The van der Waals surface area contributed by atoms with Crippen molar-refractivity contribution in [1.29, 1.82) is 0 Å². The molecule has 0 N–H and O–H groups in total. The molecule has 0 spiro atoms. The molecular formula is C12H16O5. The second-order valence-electron chi connectivity index (χ2n) is 3.10. The highest BCUT2D eigenvalue weighted by Gasteiger charge is 2.23. The number of benzene rings is 1. The molecule has 1 aromatic rings. The van der Waals surface area contributed by atoms with Gasteiger partial charge in [0, 0.05) is 0 Å². The molecule has 0 saturated carbocycles. The number of rotatable bonds is 5. The maximum absolute atomic E-state index is 11.8. The molecule has 1 rings (SSSR count). The lowest BCUT2D eigenvalue weighted by Gasteiger charge is -2.14. The van der Waals surface area contributed by atoms with Crippen molar-refractivity contribution in [2.45, 2.75) is 6.92 Å². The van der Waals surface area contributed by atoms with Gasteiger partial charge in [-0.05, 0) is 19.1 Å². The number of carbonyl (C=O) groups is 1. The molecule has 0 unspecified atom stereocenters. The van der Waals surface area contributed by atoms with Crippen molar-refractivity contribution in [3.63, 3.8) is 0 Å². The van der Waals surface area contributed by atoms with Crippen LogP contribution in [0.2, 0.25) is 0 Å². The van der Waals surface area contributed by atoms with E-state index in [1.165, 1.54) is 21.3 Å². The predicted octanol–water partition coefficient (Wildman–Crippen LogP) is 1.89. The van der Waals surface area contributed by atoms with Gasteiger partial charge in [-0.15, -0.1) is 0 Å². The third kappa shape index (κ3) is 2.61. The molecule has 0 radical (unpaired) electrons. The number of hydrogen-bond donors (Lipinski definition) is 0. The Kier molecular flexibility index (Phi) is 4.63. The number of carbonyl (C=O) groups excluding carboxylic acids is 1. The minimum absolute atomic E-state index is 0.233. The zero-order valence-corrected chi connectivity index (χ0v) is 10.4. The van der Waals surface area contributed by atoms with E-state index in [2.05, 4.69) is 0 Å². The quantitative estimate of drug-likeness (QED) is 0.735. The van der Waals surface area contributed by atoms with Crippen LogP contribution in [-0.2, 0) is 4.74 Å². The fourth-order valence-corrected chi connectivity index (χ4v) is 1.48. The van der Waals surface area contributed by atoms with Gasteiger partial charge < -0.3 is 18.9 Å². The topological polar surface area (TPSA) is 54.0 Å². The van der Waals surface area contributed by atoms with Crippen molar-refractivity contribution in [3.05, 3.63) is 17.7 Å². The number of esters is 1. The third-order valence-corrected chi connectivity index (χ3v) is 2.21. The molecule has 0 aromatic heterocycles. The first-order valence-electron chi connectivity index (χ1n) is 5.15. The Labute approximate surface area is 100 Å². The second kappa shape index (κ2) is 5.98. The molecule has 0 aliphatic rings. The lowest BCUT2D eigenvalue weighted by molar-refractivity contribution is 0.0518. The smallest absolute Gasteiger partial charge is 0.345 e. The van der Waals surface area contributed by atoms with Crippen molar-refractivity contribution in [1.82, 2.24) is 0 Å². The Bertz CT molecular complexity index is 400. The molecule has 0 atom stereocenters. The molecule has 5 heteroatoms. The molecule has 0 amide bonds. The highest BCUT2D eigenvalue weighted by atomic mass is 16.5. The van der Waals surface area contributed by atoms with E-state index in [0.717, 1.165) is 0 Å². The summed E-state index contributed by atoms with van der Waals surface area (Å²) in [5, 5.41) is 0. The third-order valence-electron chi connectivity index (χ3n) is 2.21. The zero-order valence-electron chi connectivity index (χ0n) is 10.4. The van der Waals surface area contributed by atoms with Crippen LogP contribution in [0.25, 0.3) is 0 Å². The Morgan fingerprint density at radius 3 is 2.12 bits per heavy atom. The normalized spacial score (nSPS) is 9.65. The van der Waals surface area contributed by atoms with E-state index in [0.29, 0.717) is 17.2 Å². The largest absolute Gasteiger partial charge is 0.496 e. The van der Waals surface area contributed by atoms with E-state index in [9.17, 15) is 4.79 Å². The summed E-state index contributed by atoms with van der Waals surface area (Å²) in [6.07, 6.45) is 0. The minimum Gasteiger partial charge on any atom is -0.496 e. The summed E-state index contributed by atoms with van der Waals surface area (Å²) < 4.78 is 20.4. The SMILES string of the molecule is CCOC(=O)c1c(OC)ccc(OC)c1OC. The first kappa shape index (κ1) is 13.2. The molecule has 1 aromatic carbocycles. The lowest BCUT2D eigenvalue weighted by atomic mass is 10.1. The number of ether oxygens (including phenoxy) is 4. The van der Waals surface area contributed by atoms with Crippen molar-refractivity contribution in [2.24, 2.45) is 0 Å². The molecule has 0 heterocycles. The first-order chi connectivity index (χ1) is 8.19. The molecule has 0 fully saturated rings. The summed E-state index contributed by atoms with van der Waals surface area (Å²) in [4.78, 5) is 11.8. The highest BCUT2D eigenvalue weighted by molar-refractivity contribution is 5.96. The summed E-state index contributed by atoms with van der Waals surface area (Å²) in [6, 6.07) is 3.30. The summed E-state index contributed by atoms with van der Waals surface area (Å²) in [5.41, 5.74) is 0.233. The Morgan fingerprint density at radius 2 is 1.65 bits per heavy atom. The summed E-state index contributed by atoms with van der Waals surface area (Å²) in [7, 11) is 4.43. The van der Waals surface area contributed by atoms with Gasteiger partial charge in [-0.2, -0.15) is 0 Å². The van der Waals surface area contributed by atoms with Gasteiger partial charge in [-0.1, -0.05) is 0 Å². The van der Waals surface area contributed by atoms with E-state index >= 15 is 0 Å². The standard InChI is InChI=1S/C12H16O5/c1-5-17-12(13)10-8(14-2)6-7-9(15-3)11(10)16-4/h6-7H,5H2,1-4H3. The molecule has 0 saturated heterocycles. The molecule has 94 valence electrons. The zero-order chi connectivity index (χ0) is 12.8. The average molecular weight is 240 g/mol. The number of hydrogen-bond acceptors (Lipinski definition) is 5. The molecule has 0 aliphatic heterocycles. The fraction of sp³-hybridized carbons (Fsp3) is 0.417. The van der Waals surface area contributed by atoms with Gasteiger partial charge in [0.05, 0.1) is 27.9 Å². The van der Waals surface area contributed by atoms with Gasteiger partial charge in [-0.25, -0.2) is 4.79 Å². The van der Waals surface area contributed by atoms with Crippen LogP contribution < -0.4 is 14.2 Å². The van der Waals surface area contributed by atoms with E-state index in [1.807, 2.05) is 0 Å². The van der Waals surface area contributed by atoms with Gasteiger partial charge >= 0.3 is 5.97 Å². The van der Waals surface area contributed by atoms with E-state index in [1.54, 1.807) is 19.1 Å². The second-order valence-corrected chi connectivity index (χ2v) is 3.10. The Balaban J connectivity index is 3.34. The first-order valence-corrected chi connectivity index (χ1v) is 5.15. The van der Waals surface area contributed by atoms with Crippen LogP contribution in [-0.4, -0.2) is 33.9 Å². The van der Waals surface area contributed by atoms with E-state index in [-0.39, 0.29) is 12.2 Å². The molecular weight excluding hydrogens is 224 g/mol. The minimum atomic E-state index is -0.500. The van der Waals surface area contributed by atoms with Crippen LogP contribution in [0.4, 0.5) is 0 Å². The fourth-order valence-electron chi connectivity index (χ4n) is 1.48. The van der Waals surface area contributed by atoms with Gasteiger partial charge in [0.15, 0.2) is 11.5 Å². The van der Waals surface area contributed by atoms with Crippen molar-refractivity contribution >= 4 is 5.97 Å². The summed E-state index contributed by atoms with van der Waals surface area (Å²) in [5.74, 6) is 0.655. The monoisotopic (exact) mass is 240 g/mol. The van der Waals surface area contributed by atoms with Crippen molar-refractivity contribution in [2.75, 3.05) is 27.9 Å². The maximum Gasteiger partial charge on any atom is 0.345 e. The maximum atomic E-state index is 11.8. The van der Waals surface area contributed by atoms with Crippen LogP contribution in [0.1, 0.15) is 17.3 Å². The van der Waals surface area contributed by atoms with E-state index in [4.69, 9.17) is 18.9 Å². The lowest BCUT2D eigenvalue weighted by Crippen LogP contribution is -2.09. The van der Waals surface area contributed by atoms with E-state index < -0.39 is 5.97 Å². The Hall–Kier alpha value is -1.91. The van der Waals surface area contributed by atoms with Crippen LogP contribution >= 0.6 is 0 Å². The molecule has 17 heavy (non-hydrogen) atoms. The Morgan fingerprint density at radius 1 is 1.06 bits per heavy atom. The average Bonchev–Trinajstić information content (AvgIpc) is 2.36. The van der Waals surface area contributed by atoms with Crippen LogP contribution in [0, 0.1) is 0 Å². The van der Waals surface area contributed by atoms with Gasteiger partial charge in [0.1, 0.15) is 11.3 Å². The van der Waals surface area contributed by atoms with Gasteiger partial charge in [0.2, 0.25) is 0 Å². The molecule has 5 nitrogen and oxygen atoms in total.